The van der Waals surface area contributed by atoms with Crippen molar-refractivity contribution in [3.05, 3.63) is 121 Å². The molecule has 3 aromatic carbocycles. The molecule has 4 rings (SSSR count). The van der Waals surface area contributed by atoms with E-state index in [-0.39, 0.29) is 0 Å². The Morgan fingerprint density at radius 1 is 0.528 bits per heavy atom. The molecule has 184 valence electrons. The lowest BCUT2D eigenvalue weighted by molar-refractivity contribution is -0.697. The summed E-state index contributed by atoms with van der Waals surface area (Å²) in [6, 6.07) is 34.2. The molecular formula is C34H39N2+. The number of para-hydroxylation sites is 2. The Bertz CT molecular complexity index is 1120. The van der Waals surface area contributed by atoms with Crippen molar-refractivity contribution in [1.82, 2.24) is 0 Å². The van der Waals surface area contributed by atoms with E-state index in [2.05, 4.69) is 138 Å². The van der Waals surface area contributed by atoms with E-state index >= 15 is 0 Å². The zero-order valence-electron chi connectivity index (χ0n) is 21.6. The molecule has 2 nitrogen and oxygen atoms in total. The summed E-state index contributed by atoms with van der Waals surface area (Å²) in [5.74, 6) is 0. The average Bonchev–Trinajstić information content (AvgIpc) is 2.94. The zero-order chi connectivity index (χ0) is 24.8. The van der Waals surface area contributed by atoms with Crippen LogP contribution >= 0.6 is 0 Å². The van der Waals surface area contributed by atoms with Crippen molar-refractivity contribution in [2.24, 2.45) is 0 Å². The molecule has 0 spiro atoms. The summed E-state index contributed by atoms with van der Waals surface area (Å²) in [5, 5.41) is 0. The van der Waals surface area contributed by atoms with Gasteiger partial charge in [0.1, 0.15) is 6.54 Å². The Balaban J connectivity index is 1.35. The summed E-state index contributed by atoms with van der Waals surface area (Å²) in [4.78, 5) is 2.29. The number of pyridine rings is 1. The van der Waals surface area contributed by atoms with E-state index in [0.717, 1.165) is 23.6 Å². The predicted octanol–water partition coefficient (Wildman–Crippen LogP) is 9.36. The molecular weight excluding hydrogens is 436 g/mol. The Kier molecular flexibility index (Phi) is 9.92. The van der Waals surface area contributed by atoms with Crippen LogP contribution in [0.5, 0.6) is 0 Å². The number of hydrogen-bond acceptors (Lipinski definition) is 1. The largest absolute Gasteiger partial charge is 0.311 e. The molecule has 4 aromatic rings. The fraction of sp³-hybridized carbons (Fsp3) is 0.265. The third-order valence-corrected chi connectivity index (χ3v) is 6.59. The molecule has 1 heterocycles. The first-order valence-electron chi connectivity index (χ1n) is 13.5. The predicted molar refractivity (Wildman–Crippen MR) is 155 cm³/mol. The van der Waals surface area contributed by atoms with E-state index in [1.54, 1.807) is 0 Å². The lowest BCUT2D eigenvalue weighted by atomic mass is 10.1. The van der Waals surface area contributed by atoms with Gasteiger partial charge in [0, 0.05) is 35.6 Å². The maximum atomic E-state index is 2.31. The van der Waals surface area contributed by atoms with Gasteiger partial charge in [0.05, 0.1) is 0 Å². The zero-order valence-corrected chi connectivity index (χ0v) is 21.6. The van der Waals surface area contributed by atoms with Gasteiger partial charge in [-0.1, -0.05) is 99.7 Å². The average molecular weight is 476 g/mol. The van der Waals surface area contributed by atoms with Crippen molar-refractivity contribution >= 4 is 29.2 Å². The van der Waals surface area contributed by atoms with Crippen LogP contribution in [-0.2, 0) is 6.54 Å². The molecule has 0 fully saturated rings. The van der Waals surface area contributed by atoms with E-state index < -0.39 is 0 Å². The molecule has 0 saturated heterocycles. The first-order valence-corrected chi connectivity index (χ1v) is 13.5. The molecule has 0 aliphatic carbocycles. The number of anilines is 3. The van der Waals surface area contributed by atoms with Gasteiger partial charge in [0.2, 0.25) is 0 Å². The van der Waals surface area contributed by atoms with Crippen LogP contribution < -0.4 is 9.47 Å². The minimum Gasteiger partial charge on any atom is -0.311 e. The molecule has 0 aliphatic heterocycles. The first-order chi connectivity index (χ1) is 17.8. The second-order valence-electron chi connectivity index (χ2n) is 9.42. The van der Waals surface area contributed by atoms with Gasteiger partial charge in [0.25, 0.3) is 0 Å². The molecule has 0 aliphatic rings. The quantitative estimate of drug-likeness (QED) is 0.138. The molecule has 2 heteroatoms. The normalized spacial score (nSPS) is 11.1. The fourth-order valence-electron chi connectivity index (χ4n) is 4.51. The summed E-state index contributed by atoms with van der Waals surface area (Å²) >= 11 is 0. The van der Waals surface area contributed by atoms with Crippen LogP contribution in [-0.4, -0.2) is 0 Å². The van der Waals surface area contributed by atoms with E-state index in [4.69, 9.17) is 0 Å². The number of nitrogens with zero attached hydrogens (tertiary/aromatic N) is 2. The minimum absolute atomic E-state index is 1.11. The number of rotatable bonds is 13. The van der Waals surface area contributed by atoms with Crippen LogP contribution in [0.3, 0.4) is 0 Å². The monoisotopic (exact) mass is 475 g/mol. The highest BCUT2D eigenvalue weighted by Crippen LogP contribution is 2.34. The summed E-state index contributed by atoms with van der Waals surface area (Å²) in [6.45, 7) is 3.39. The van der Waals surface area contributed by atoms with Crippen molar-refractivity contribution in [1.29, 1.82) is 0 Å². The van der Waals surface area contributed by atoms with E-state index in [1.807, 2.05) is 0 Å². The van der Waals surface area contributed by atoms with Gasteiger partial charge in [0.15, 0.2) is 12.4 Å². The van der Waals surface area contributed by atoms with Gasteiger partial charge in [-0.05, 0) is 53.9 Å². The summed E-state index contributed by atoms with van der Waals surface area (Å²) < 4.78 is 2.31. The Morgan fingerprint density at radius 3 is 1.56 bits per heavy atom. The highest BCUT2D eigenvalue weighted by molar-refractivity contribution is 5.77. The molecule has 0 unspecified atom stereocenters. The number of hydrogen-bond donors (Lipinski definition) is 0. The summed E-state index contributed by atoms with van der Waals surface area (Å²) in [6.07, 6.45) is 18.3. The van der Waals surface area contributed by atoms with Crippen LogP contribution in [0.2, 0.25) is 0 Å². The number of aromatic nitrogens is 1. The molecule has 0 atom stereocenters. The molecule has 1 aromatic heterocycles. The highest BCUT2D eigenvalue weighted by atomic mass is 15.1. The number of aryl methyl sites for hydroxylation is 1. The van der Waals surface area contributed by atoms with Crippen molar-refractivity contribution < 1.29 is 4.57 Å². The lowest BCUT2D eigenvalue weighted by Gasteiger charge is -2.25. The third kappa shape index (κ3) is 7.68. The fourth-order valence-corrected chi connectivity index (χ4v) is 4.51. The Labute approximate surface area is 217 Å². The van der Waals surface area contributed by atoms with Crippen molar-refractivity contribution in [2.75, 3.05) is 4.90 Å². The molecule has 0 bridgehead atoms. The lowest BCUT2D eigenvalue weighted by Crippen LogP contribution is -2.32. The number of unbranched alkanes of at least 4 members (excludes halogenated alkanes) is 6. The minimum atomic E-state index is 1.11. The standard InChI is InChI=1S/C34H39N2/c1-2-3-4-5-6-7-14-27-35-28-25-31(26-29-35)20-19-30-21-23-34(24-22-30)36(32-15-10-8-11-16-32)33-17-12-9-13-18-33/h8-13,15-26,28-29H,2-7,14,27H2,1H3/q+1. The summed E-state index contributed by atoms with van der Waals surface area (Å²) in [7, 11) is 0. The maximum Gasteiger partial charge on any atom is 0.169 e. The second kappa shape index (κ2) is 14.0. The van der Waals surface area contributed by atoms with Crippen LogP contribution in [0.4, 0.5) is 17.1 Å². The van der Waals surface area contributed by atoms with Crippen LogP contribution in [0.25, 0.3) is 12.2 Å². The summed E-state index contributed by atoms with van der Waals surface area (Å²) in [5.41, 5.74) is 5.88. The van der Waals surface area contributed by atoms with Crippen LogP contribution in [0, 0.1) is 0 Å². The molecule has 0 N–H and O–H groups in total. The first kappa shape index (κ1) is 25.4. The van der Waals surface area contributed by atoms with E-state index in [0.29, 0.717) is 0 Å². The van der Waals surface area contributed by atoms with E-state index in [1.165, 1.54) is 56.1 Å². The molecule has 0 amide bonds. The highest BCUT2D eigenvalue weighted by Gasteiger charge is 2.11. The van der Waals surface area contributed by atoms with Crippen LogP contribution in [0.15, 0.2) is 109 Å². The van der Waals surface area contributed by atoms with Gasteiger partial charge in [-0.25, -0.2) is 4.57 Å². The van der Waals surface area contributed by atoms with Gasteiger partial charge in [-0.2, -0.15) is 0 Å². The van der Waals surface area contributed by atoms with Gasteiger partial charge < -0.3 is 4.90 Å². The molecule has 36 heavy (non-hydrogen) atoms. The third-order valence-electron chi connectivity index (χ3n) is 6.59. The second-order valence-corrected chi connectivity index (χ2v) is 9.42. The molecule has 0 saturated carbocycles. The van der Waals surface area contributed by atoms with Gasteiger partial charge in [-0.3, -0.25) is 0 Å². The SMILES string of the molecule is CCCCCCCCC[n+]1ccc(/C=C/c2ccc(N(c3ccccc3)c3ccccc3)cc2)cc1. The Morgan fingerprint density at radius 2 is 1.00 bits per heavy atom. The number of benzene rings is 3. The van der Waals surface area contributed by atoms with E-state index in [9.17, 15) is 0 Å². The van der Waals surface area contributed by atoms with Gasteiger partial charge in [-0.15, -0.1) is 0 Å². The maximum absolute atomic E-state index is 2.31. The smallest absolute Gasteiger partial charge is 0.169 e. The van der Waals surface area contributed by atoms with Crippen molar-refractivity contribution in [3.63, 3.8) is 0 Å². The van der Waals surface area contributed by atoms with Gasteiger partial charge >= 0.3 is 0 Å². The molecule has 0 radical (unpaired) electrons. The topological polar surface area (TPSA) is 7.12 Å². The van der Waals surface area contributed by atoms with Crippen molar-refractivity contribution in [3.8, 4) is 0 Å². The van der Waals surface area contributed by atoms with Crippen molar-refractivity contribution in [2.45, 2.75) is 58.4 Å². The Hall–Kier alpha value is -3.65. The van der Waals surface area contributed by atoms with Crippen LogP contribution in [0.1, 0.15) is 63.0 Å².